The minimum absolute atomic E-state index is 0.0000103. The molecule has 57 heavy (non-hydrogen) atoms. The van der Waals surface area contributed by atoms with E-state index in [1.807, 2.05) is 0 Å². The fraction of sp³-hybridized carbons (Fsp3) is 0.0667. The quantitative estimate of drug-likeness (QED) is 0.0176. The van der Waals surface area contributed by atoms with Crippen molar-refractivity contribution >= 4 is 101 Å². The molecule has 5 aromatic rings. The van der Waals surface area contributed by atoms with Gasteiger partial charge in [-0.3, -0.25) is 9.11 Å². The molecular weight excluding hydrogens is 864 g/mol. The third-order valence-corrected chi connectivity index (χ3v) is 10.4. The molecule has 0 spiro atoms. The zero-order chi connectivity index (χ0) is 41.5. The lowest BCUT2D eigenvalue weighted by atomic mass is 10.1. The number of phenolic OH excluding ortho intramolecular Hbond substituents is 2. The van der Waals surface area contributed by atoms with Crippen LogP contribution in [0.2, 0.25) is 5.02 Å². The second-order valence-electron chi connectivity index (χ2n) is 10.5. The average molecular weight is 887 g/mol. The maximum Gasteiger partial charge on any atom is 0.296 e. The molecule has 300 valence electrons. The van der Waals surface area contributed by atoms with Crippen LogP contribution in [0, 0.1) is 0 Å². The summed E-state index contributed by atoms with van der Waals surface area (Å²) in [6, 6.07) is 13.9. The van der Waals surface area contributed by atoms with Crippen LogP contribution < -0.4 is 9.47 Å². The Balaban J connectivity index is 1.61. The molecule has 6 N–H and O–H groups in total. The predicted octanol–water partition coefficient (Wildman–Crippen LogP) is 9.52. The Morgan fingerprint density at radius 1 is 0.632 bits per heavy atom. The van der Waals surface area contributed by atoms with Crippen LogP contribution in [0.5, 0.6) is 23.0 Å². The normalized spacial score (nSPS) is 12.4. The van der Waals surface area contributed by atoms with Gasteiger partial charge in [0.25, 0.3) is 20.2 Å². The summed E-state index contributed by atoms with van der Waals surface area (Å²) in [6.45, 7) is 0. The highest BCUT2D eigenvalue weighted by Crippen LogP contribution is 2.52. The number of methoxy groups -OCH3 is 2. The van der Waals surface area contributed by atoms with Crippen LogP contribution in [0.3, 0.4) is 0 Å². The highest BCUT2D eigenvalue weighted by molar-refractivity contribution is 7.95. The van der Waals surface area contributed by atoms with Crippen LogP contribution in [0.15, 0.2) is 117 Å². The van der Waals surface area contributed by atoms with Gasteiger partial charge < -0.3 is 19.7 Å². The molecule has 5 rings (SSSR count). The van der Waals surface area contributed by atoms with Gasteiger partial charge in [-0.2, -0.15) is 21.9 Å². The standard InChI is InChI=1S/C30H23ClN6O16S4/c1-48-22-13-21(23(49-2)12-20(22)34-32-15-3-5-16(6-4-15)54-52-50-40)35-36-27-24(55-53-51-41)9-14-10-25(57(45,46)47)28(30(39)26(14)29(27)38)37-33-19-11-17(56(42,43)44)7-8-18(19)31/h3-13,38-41H,1-2H3,(H,42,43,44)(H,45,46,47). The van der Waals surface area contributed by atoms with Crippen molar-refractivity contribution in [3.63, 3.8) is 0 Å². The molecule has 22 nitrogen and oxygen atoms in total. The second kappa shape index (κ2) is 18.5. The predicted molar refractivity (Wildman–Crippen MR) is 198 cm³/mol. The molecule has 0 aliphatic rings. The Kier molecular flexibility index (Phi) is 13.9. The number of azo groups is 3. The smallest absolute Gasteiger partial charge is 0.296 e. The van der Waals surface area contributed by atoms with Crippen LogP contribution >= 0.6 is 35.7 Å². The van der Waals surface area contributed by atoms with Crippen LogP contribution in [0.4, 0.5) is 34.1 Å². The maximum absolute atomic E-state index is 12.5. The number of hydrogen-bond acceptors (Lipinski definition) is 22. The van der Waals surface area contributed by atoms with E-state index in [1.54, 1.807) is 24.3 Å². The van der Waals surface area contributed by atoms with Crippen molar-refractivity contribution in [2.24, 2.45) is 30.7 Å². The lowest BCUT2D eigenvalue weighted by molar-refractivity contribution is -0.432. The van der Waals surface area contributed by atoms with E-state index in [-0.39, 0.29) is 50.2 Å². The summed E-state index contributed by atoms with van der Waals surface area (Å²) in [5.41, 5.74) is -1.21. The van der Waals surface area contributed by atoms with Crippen molar-refractivity contribution in [1.29, 1.82) is 0 Å². The fourth-order valence-electron chi connectivity index (χ4n) is 4.66. The molecule has 0 aliphatic heterocycles. The molecule has 0 atom stereocenters. The number of phenols is 2. The Morgan fingerprint density at radius 2 is 1.19 bits per heavy atom. The second-order valence-corrected chi connectivity index (χ2v) is 15.3. The minimum atomic E-state index is -5.20. The van der Waals surface area contributed by atoms with E-state index < -0.39 is 64.0 Å². The van der Waals surface area contributed by atoms with E-state index in [0.29, 0.717) is 10.6 Å². The third kappa shape index (κ3) is 10.3. The first-order valence-corrected chi connectivity index (χ1v) is 19.5. The number of hydrogen-bond donors (Lipinski definition) is 6. The number of benzene rings is 5. The van der Waals surface area contributed by atoms with E-state index in [1.165, 1.54) is 26.4 Å². The van der Waals surface area contributed by atoms with E-state index >= 15 is 0 Å². The van der Waals surface area contributed by atoms with Crippen molar-refractivity contribution in [1.82, 2.24) is 0 Å². The highest BCUT2D eigenvalue weighted by atomic mass is 35.5. The molecule has 0 fully saturated rings. The maximum atomic E-state index is 12.5. The minimum Gasteiger partial charge on any atom is -0.505 e. The highest BCUT2D eigenvalue weighted by Gasteiger charge is 2.27. The van der Waals surface area contributed by atoms with Crippen molar-refractivity contribution in [3.05, 3.63) is 71.8 Å². The lowest BCUT2D eigenvalue weighted by Crippen LogP contribution is -1.99. The number of nitrogens with zero attached hydrogens (tertiary/aromatic N) is 6. The molecule has 5 aromatic carbocycles. The first kappa shape index (κ1) is 43.1. The molecule has 0 amide bonds. The SMILES string of the molecule is COc1cc(N=Nc2c(SOOO)cc3cc(S(=O)(=O)O)c(N=Nc4cc(S(=O)(=O)O)ccc4Cl)c(O)c3c2O)c(OC)cc1N=Nc1ccc(SOOO)cc1. The first-order valence-electron chi connectivity index (χ1n) is 14.8. The molecular formula is C30H23ClN6O16S4. The monoisotopic (exact) mass is 886 g/mol. The summed E-state index contributed by atoms with van der Waals surface area (Å²) in [4.78, 5) is -1.29. The Hall–Kier alpha value is -5.07. The van der Waals surface area contributed by atoms with Crippen LogP contribution in [0.25, 0.3) is 10.8 Å². The van der Waals surface area contributed by atoms with Gasteiger partial charge in [0.2, 0.25) is 0 Å². The zero-order valence-corrected chi connectivity index (χ0v) is 32.3. The van der Waals surface area contributed by atoms with E-state index in [9.17, 15) is 36.2 Å². The molecule has 0 saturated heterocycles. The van der Waals surface area contributed by atoms with Gasteiger partial charge in [-0.25, -0.2) is 10.5 Å². The van der Waals surface area contributed by atoms with E-state index in [4.69, 9.17) is 31.6 Å². The molecule has 0 heterocycles. The summed E-state index contributed by atoms with van der Waals surface area (Å²) in [5, 5.41) is 70.1. The number of aromatic hydroxyl groups is 2. The lowest BCUT2D eigenvalue weighted by Gasteiger charge is -2.13. The summed E-state index contributed by atoms with van der Waals surface area (Å²) in [5.74, 6) is -1.74. The Labute approximate surface area is 333 Å². The average Bonchev–Trinajstić information content (AvgIpc) is 3.17. The third-order valence-electron chi connectivity index (χ3n) is 7.16. The van der Waals surface area contributed by atoms with Gasteiger partial charge in [0.15, 0.2) is 11.5 Å². The summed E-state index contributed by atoms with van der Waals surface area (Å²) in [6.07, 6.45) is 0. The van der Waals surface area contributed by atoms with Crippen LogP contribution in [-0.4, -0.2) is 60.9 Å². The van der Waals surface area contributed by atoms with Crippen molar-refractivity contribution < 1.29 is 74.9 Å². The molecule has 0 bridgehead atoms. The van der Waals surface area contributed by atoms with Crippen molar-refractivity contribution in [2.45, 2.75) is 19.6 Å². The van der Waals surface area contributed by atoms with E-state index in [2.05, 4.69) is 49.4 Å². The van der Waals surface area contributed by atoms with Gasteiger partial charge in [0, 0.05) is 17.0 Å². The van der Waals surface area contributed by atoms with Gasteiger partial charge in [-0.15, -0.1) is 34.2 Å². The van der Waals surface area contributed by atoms with Gasteiger partial charge in [-0.1, -0.05) is 21.7 Å². The van der Waals surface area contributed by atoms with Gasteiger partial charge in [-0.05, 0) is 60.0 Å². The van der Waals surface area contributed by atoms with Gasteiger partial charge in [0.05, 0.1) is 64.2 Å². The number of halogens is 1. The van der Waals surface area contributed by atoms with Gasteiger partial charge >= 0.3 is 0 Å². The molecule has 0 unspecified atom stereocenters. The molecule has 0 saturated carbocycles. The van der Waals surface area contributed by atoms with Crippen LogP contribution in [0.1, 0.15) is 0 Å². The van der Waals surface area contributed by atoms with Crippen molar-refractivity contribution in [2.75, 3.05) is 14.2 Å². The number of ether oxygens (including phenoxy) is 2. The number of rotatable bonds is 16. The Bertz CT molecular complexity index is 2630. The van der Waals surface area contributed by atoms with E-state index in [0.717, 1.165) is 42.4 Å². The largest absolute Gasteiger partial charge is 0.505 e. The summed E-state index contributed by atoms with van der Waals surface area (Å²) < 4.78 is 87.4. The molecule has 0 aliphatic carbocycles. The Morgan fingerprint density at radius 3 is 1.77 bits per heavy atom. The first-order chi connectivity index (χ1) is 27.1. The van der Waals surface area contributed by atoms with Crippen molar-refractivity contribution in [3.8, 4) is 23.0 Å². The number of fused-ring (bicyclic) bond motifs is 1. The molecule has 0 radical (unpaired) electrons. The zero-order valence-electron chi connectivity index (χ0n) is 28.3. The van der Waals surface area contributed by atoms with Crippen LogP contribution in [-0.2, 0) is 39.0 Å². The molecule has 0 aromatic heterocycles. The van der Waals surface area contributed by atoms with Gasteiger partial charge in [0.1, 0.15) is 44.8 Å². The fourth-order valence-corrected chi connectivity index (χ4v) is 6.82. The summed E-state index contributed by atoms with van der Waals surface area (Å²) in [7, 11) is -7.29. The topological polar surface area (TPSA) is 319 Å². The summed E-state index contributed by atoms with van der Waals surface area (Å²) >= 11 is 7.08. The molecule has 27 heteroatoms.